The summed E-state index contributed by atoms with van der Waals surface area (Å²) in [6.45, 7) is 5.78. The van der Waals surface area contributed by atoms with Gasteiger partial charge in [0, 0.05) is 17.4 Å². The fraction of sp³-hybridized carbons (Fsp3) is 0.333. The lowest BCUT2D eigenvalue weighted by atomic mass is 10.1. The maximum absolute atomic E-state index is 13.4. The molecule has 1 N–H and O–H groups in total. The van der Waals surface area contributed by atoms with E-state index in [1.54, 1.807) is 40.9 Å². The monoisotopic (exact) mass is 436 g/mol. The number of hydrogen-bond acceptors (Lipinski definition) is 3. The summed E-state index contributed by atoms with van der Waals surface area (Å²) in [6, 6.07) is 12.2. The number of thioether (sulfide) groups is 1. The van der Waals surface area contributed by atoms with Crippen molar-refractivity contribution >= 4 is 46.8 Å². The van der Waals surface area contributed by atoms with Gasteiger partial charge in [0.05, 0.1) is 10.0 Å². The highest BCUT2D eigenvalue weighted by molar-refractivity contribution is 7.99. The number of amides is 2. The van der Waals surface area contributed by atoms with Crippen molar-refractivity contribution in [2.24, 2.45) is 0 Å². The van der Waals surface area contributed by atoms with E-state index in [0.717, 1.165) is 11.1 Å². The Hall–Kier alpha value is -1.69. The average molecular weight is 437 g/mol. The van der Waals surface area contributed by atoms with E-state index in [1.807, 2.05) is 39.0 Å². The van der Waals surface area contributed by atoms with Crippen LogP contribution in [0.1, 0.15) is 40.7 Å². The molecule has 1 fully saturated rings. The van der Waals surface area contributed by atoms with Crippen LogP contribution in [-0.4, -0.2) is 34.6 Å². The molecule has 2 amide bonds. The highest BCUT2D eigenvalue weighted by Gasteiger charge is 2.42. The van der Waals surface area contributed by atoms with Gasteiger partial charge >= 0.3 is 0 Å². The van der Waals surface area contributed by atoms with Crippen LogP contribution in [0.2, 0.25) is 10.0 Å². The summed E-state index contributed by atoms with van der Waals surface area (Å²) < 4.78 is 0. The fourth-order valence-corrected chi connectivity index (χ4v) is 4.83. The van der Waals surface area contributed by atoms with Crippen LogP contribution in [0, 0.1) is 6.92 Å². The van der Waals surface area contributed by atoms with Gasteiger partial charge in [-0.3, -0.25) is 9.59 Å². The topological polar surface area (TPSA) is 49.4 Å². The molecule has 148 valence electrons. The van der Waals surface area contributed by atoms with Crippen LogP contribution in [-0.2, 0) is 4.79 Å². The maximum Gasteiger partial charge on any atom is 0.255 e. The highest BCUT2D eigenvalue weighted by Crippen LogP contribution is 2.43. The summed E-state index contributed by atoms with van der Waals surface area (Å²) in [5.41, 5.74) is 2.47. The second-order valence-electron chi connectivity index (χ2n) is 7.12. The molecule has 0 radical (unpaired) electrons. The first kappa shape index (κ1) is 21.0. The third-order valence-electron chi connectivity index (χ3n) is 4.50. The quantitative estimate of drug-likeness (QED) is 0.726. The van der Waals surface area contributed by atoms with Gasteiger partial charge in [-0.05, 0) is 50.6 Å². The molecule has 4 nitrogen and oxygen atoms in total. The molecule has 1 aliphatic rings. The number of benzene rings is 2. The fourth-order valence-electron chi connectivity index (χ4n) is 3.11. The largest absolute Gasteiger partial charge is 0.352 e. The minimum absolute atomic E-state index is 0.00199. The lowest BCUT2D eigenvalue weighted by Gasteiger charge is -2.30. The zero-order valence-corrected chi connectivity index (χ0v) is 18.2. The lowest BCUT2D eigenvalue weighted by molar-refractivity contribution is -0.125. The van der Waals surface area contributed by atoms with Gasteiger partial charge in [-0.25, -0.2) is 0 Å². The molecular weight excluding hydrogens is 415 g/mol. The third-order valence-corrected chi connectivity index (χ3v) is 6.56. The van der Waals surface area contributed by atoms with Crippen molar-refractivity contribution in [3.63, 3.8) is 0 Å². The van der Waals surface area contributed by atoms with E-state index in [1.165, 1.54) is 0 Å². The minimum atomic E-state index is -0.555. The first-order valence-corrected chi connectivity index (χ1v) is 10.8. The molecule has 1 saturated heterocycles. The predicted octanol–water partition coefficient (Wildman–Crippen LogP) is 5.08. The van der Waals surface area contributed by atoms with Crippen LogP contribution in [0.25, 0.3) is 0 Å². The van der Waals surface area contributed by atoms with E-state index in [0.29, 0.717) is 21.4 Å². The van der Waals surface area contributed by atoms with Gasteiger partial charge in [-0.2, -0.15) is 0 Å². The van der Waals surface area contributed by atoms with Gasteiger partial charge in [0.25, 0.3) is 5.91 Å². The van der Waals surface area contributed by atoms with Crippen LogP contribution < -0.4 is 5.32 Å². The van der Waals surface area contributed by atoms with E-state index in [9.17, 15) is 9.59 Å². The summed E-state index contributed by atoms with van der Waals surface area (Å²) in [6.07, 6.45) is 0. The van der Waals surface area contributed by atoms with E-state index in [-0.39, 0.29) is 23.2 Å². The molecule has 7 heteroatoms. The number of carbonyl (C=O) groups excluding carboxylic acids is 2. The number of nitrogens with zero attached hydrogens (tertiary/aromatic N) is 1. The Morgan fingerprint density at radius 2 is 1.79 bits per heavy atom. The Labute approximate surface area is 179 Å². The van der Waals surface area contributed by atoms with E-state index >= 15 is 0 Å². The normalized spacial score (nSPS) is 19.1. The first-order valence-electron chi connectivity index (χ1n) is 9.04. The second-order valence-corrected chi connectivity index (χ2v) is 9.04. The first-order chi connectivity index (χ1) is 13.3. The van der Waals surface area contributed by atoms with Crippen molar-refractivity contribution in [2.45, 2.75) is 38.2 Å². The zero-order chi connectivity index (χ0) is 20.4. The number of aryl methyl sites for hydroxylation is 1. The van der Waals surface area contributed by atoms with E-state index in [4.69, 9.17) is 23.2 Å². The standard InChI is InChI=1S/C21H22Cl2N2O2S/c1-12(2)24-19(26)18-11-28-21(15-8-9-16(22)17(23)10-15)25(18)20(27)14-6-4-13(3)5-7-14/h4-10,12,18,21H,11H2,1-3H3,(H,24,26). The molecule has 2 aromatic carbocycles. The number of hydrogen-bond donors (Lipinski definition) is 1. The third kappa shape index (κ3) is 4.48. The Morgan fingerprint density at radius 1 is 1.11 bits per heavy atom. The molecule has 1 aliphatic heterocycles. The molecular formula is C21H22Cl2N2O2S. The van der Waals surface area contributed by atoms with Gasteiger partial charge < -0.3 is 10.2 Å². The second kappa shape index (κ2) is 8.76. The molecule has 2 aromatic rings. The van der Waals surface area contributed by atoms with Crippen LogP contribution >= 0.6 is 35.0 Å². The van der Waals surface area contributed by atoms with Crippen molar-refractivity contribution in [3.05, 3.63) is 69.2 Å². The Bertz CT molecular complexity index is 886. The molecule has 0 bridgehead atoms. The summed E-state index contributed by atoms with van der Waals surface area (Å²) in [4.78, 5) is 27.8. The predicted molar refractivity (Wildman–Crippen MR) is 116 cm³/mol. The van der Waals surface area contributed by atoms with Gasteiger partial charge in [-0.1, -0.05) is 47.0 Å². The molecule has 0 aromatic heterocycles. The molecule has 0 saturated carbocycles. The number of rotatable bonds is 4. The van der Waals surface area contributed by atoms with Gasteiger partial charge in [0.15, 0.2) is 0 Å². The van der Waals surface area contributed by atoms with Crippen molar-refractivity contribution in [3.8, 4) is 0 Å². The zero-order valence-electron chi connectivity index (χ0n) is 15.9. The molecule has 0 spiro atoms. The summed E-state index contributed by atoms with van der Waals surface area (Å²) in [7, 11) is 0. The summed E-state index contributed by atoms with van der Waals surface area (Å²) in [5, 5.41) is 3.50. The molecule has 2 atom stereocenters. The molecule has 28 heavy (non-hydrogen) atoms. The van der Waals surface area contributed by atoms with E-state index in [2.05, 4.69) is 5.32 Å². The molecule has 2 unspecified atom stereocenters. The van der Waals surface area contributed by atoms with Crippen molar-refractivity contribution in [1.82, 2.24) is 10.2 Å². The molecule has 3 rings (SSSR count). The van der Waals surface area contributed by atoms with Gasteiger partial charge in [0.2, 0.25) is 5.91 Å². The maximum atomic E-state index is 13.4. The summed E-state index contributed by atoms with van der Waals surface area (Å²) >= 11 is 13.8. The van der Waals surface area contributed by atoms with Crippen molar-refractivity contribution < 1.29 is 9.59 Å². The van der Waals surface area contributed by atoms with Crippen LogP contribution in [0.15, 0.2) is 42.5 Å². The van der Waals surface area contributed by atoms with Crippen LogP contribution in [0.5, 0.6) is 0 Å². The number of halogens is 2. The Balaban J connectivity index is 1.98. The van der Waals surface area contributed by atoms with Gasteiger partial charge in [-0.15, -0.1) is 11.8 Å². The van der Waals surface area contributed by atoms with Crippen LogP contribution in [0.3, 0.4) is 0 Å². The highest BCUT2D eigenvalue weighted by atomic mass is 35.5. The van der Waals surface area contributed by atoms with E-state index < -0.39 is 6.04 Å². The van der Waals surface area contributed by atoms with Crippen LogP contribution in [0.4, 0.5) is 0 Å². The SMILES string of the molecule is Cc1ccc(C(=O)N2C(C(=O)NC(C)C)CSC2c2ccc(Cl)c(Cl)c2)cc1. The number of nitrogens with one attached hydrogen (secondary N) is 1. The smallest absolute Gasteiger partial charge is 0.255 e. The minimum Gasteiger partial charge on any atom is -0.352 e. The average Bonchev–Trinajstić information content (AvgIpc) is 3.08. The number of carbonyl (C=O) groups is 2. The lowest BCUT2D eigenvalue weighted by Crippen LogP contribution is -2.49. The Morgan fingerprint density at radius 3 is 2.39 bits per heavy atom. The van der Waals surface area contributed by atoms with Crippen molar-refractivity contribution in [2.75, 3.05) is 5.75 Å². The molecule has 1 heterocycles. The Kier molecular flexibility index (Phi) is 6.58. The van der Waals surface area contributed by atoms with Gasteiger partial charge in [0.1, 0.15) is 11.4 Å². The summed E-state index contributed by atoms with van der Waals surface area (Å²) in [5.74, 6) is 0.191. The molecule has 0 aliphatic carbocycles. The van der Waals surface area contributed by atoms with Crippen molar-refractivity contribution in [1.29, 1.82) is 0 Å².